The van der Waals surface area contributed by atoms with E-state index in [4.69, 9.17) is 39.6 Å². The minimum atomic E-state index is -0.274. The number of carbonyl (C=O) groups is 1. The largest absolute Gasteiger partial charge is 0.379 e. The van der Waals surface area contributed by atoms with Gasteiger partial charge in [0.25, 0.3) is 5.91 Å². The lowest BCUT2D eigenvalue weighted by atomic mass is 10.1. The summed E-state index contributed by atoms with van der Waals surface area (Å²) in [7, 11) is 0. The third-order valence-electron chi connectivity index (χ3n) is 5.36. The van der Waals surface area contributed by atoms with E-state index in [1.165, 1.54) is 11.3 Å². The van der Waals surface area contributed by atoms with Crippen molar-refractivity contribution in [1.29, 1.82) is 0 Å². The molecule has 7 nitrogen and oxygen atoms in total. The summed E-state index contributed by atoms with van der Waals surface area (Å²) >= 11 is 14.2. The molecule has 2 aromatic heterocycles. The molecule has 0 unspecified atom stereocenters. The number of nitrogens with one attached hydrogen (secondary N) is 1. The minimum Gasteiger partial charge on any atom is -0.379 e. The second kappa shape index (κ2) is 11.7. The van der Waals surface area contributed by atoms with Gasteiger partial charge >= 0.3 is 0 Å². The molecule has 0 spiro atoms. The molecule has 1 aliphatic heterocycles. The zero-order valence-electron chi connectivity index (χ0n) is 19.1. The van der Waals surface area contributed by atoms with Gasteiger partial charge in [-0.1, -0.05) is 42.0 Å². The molecule has 1 amide bonds. The van der Waals surface area contributed by atoms with E-state index in [1.54, 1.807) is 22.9 Å². The quantitative estimate of drug-likeness (QED) is 0.275. The molecule has 4 rings (SSSR count). The first-order valence-corrected chi connectivity index (χ1v) is 12.7. The van der Waals surface area contributed by atoms with Gasteiger partial charge in [0.15, 0.2) is 5.69 Å². The maximum absolute atomic E-state index is 13.3. The van der Waals surface area contributed by atoms with Crippen molar-refractivity contribution in [2.24, 2.45) is 0 Å². The van der Waals surface area contributed by atoms with Crippen LogP contribution < -0.4 is 5.43 Å². The molecule has 35 heavy (non-hydrogen) atoms. The van der Waals surface area contributed by atoms with Gasteiger partial charge < -0.3 is 9.58 Å². The number of ether oxygens (including phenoxy) is 1. The molecule has 1 aromatic carbocycles. The second-order valence-corrected chi connectivity index (χ2v) is 9.60. The normalized spacial score (nSPS) is 13.7. The Balaban J connectivity index is 1.78. The van der Waals surface area contributed by atoms with E-state index >= 15 is 0 Å². The molecule has 0 aliphatic carbocycles. The van der Waals surface area contributed by atoms with Crippen LogP contribution in [0.3, 0.4) is 0 Å². The maximum Gasteiger partial charge on any atom is 0.286 e. The fraction of sp³-hybridized carbons (Fsp3) is 0.320. The Hall–Kier alpha value is -2.85. The van der Waals surface area contributed by atoms with Crippen molar-refractivity contribution in [1.82, 2.24) is 20.2 Å². The van der Waals surface area contributed by atoms with Crippen LogP contribution in [0.15, 0.2) is 30.3 Å². The molecule has 3 heterocycles. The number of halogens is 2. The molecular formula is C25H23Cl2N5O2S. The van der Waals surface area contributed by atoms with Gasteiger partial charge in [0.2, 0.25) is 6.54 Å². The predicted octanol–water partition coefficient (Wildman–Crippen LogP) is 5.11. The Morgan fingerprint density at radius 1 is 1.29 bits per heavy atom. The summed E-state index contributed by atoms with van der Waals surface area (Å²) in [6.45, 7) is 11.6. The Morgan fingerprint density at radius 3 is 2.80 bits per heavy atom. The average Bonchev–Trinajstić information content (AvgIpc) is 3.47. The molecule has 3 aromatic rings. The van der Waals surface area contributed by atoms with Gasteiger partial charge in [-0.3, -0.25) is 10.2 Å². The van der Waals surface area contributed by atoms with Crippen LogP contribution in [0.2, 0.25) is 10.0 Å². The molecule has 1 fully saturated rings. The van der Waals surface area contributed by atoms with Crippen LogP contribution in [-0.4, -0.2) is 53.5 Å². The summed E-state index contributed by atoms with van der Waals surface area (Å²) in [6, 6.07) is 9.12. The highest BCUT2D eigenvalue weighted by Crippen LogP contribution is 2.36. The molecule has 0 saturated carbocycles. The monoisotopic (exact) mass is 527 g/mol. The number of benzene rings is 1. The smallest absolute Gasteiger partial charge is 0.286 e. The molecule has 180 valence electrons. The number of hydrazine groups is 1. The number of morpholine rings is 1. The zero-order chi connectivity index (χ0) is 24.8. The van der Waals surface area contributed by atoms with Crippen LogP contribution in [0, 0.1) is 18.4 Å². The van der Waals surface area contributed by atoms with Gasteiger partial charge in [0.1, 0.15) is 0 Å². The van der Waals surface area contributed by atoms with Crippen molar-refractivity contribution in [2.75, 3.05) is 32.8 Å². The van der Waals surface area contributed by atoms with Crippen LogP contribution in [-0.2, 0) is 11.2 Å². The average molecular weight is 528 g/mol. The number of rotatable bonds is 6. The van der Waals surface area contributed by atoms with Crippen molar-refractivity contribution < 1.29 is 9.53 Å². The van der Waals surface area contributed by atoms with Crippen molar-refractivity contribution in [3.8, 4) is 28.1 Å². The van der Waals surface area contributed by atoms with Gasteiger partial charge in [0, 0.05) is 23.7 Å². The molecule has 0 atom stereocenters. The summed E-state index contributed by atoms with van der Waals surface area (Å²) in [6.07, 6.45) is 1.12. The van der Waals surface area contributed by atoms with Crippen molar-refractivity contribution in [3.63, 3.8) is 0 Å². The SMILES string of the molecule is [C-]#[N+]CCC#Cc1ccc(-c2c(CC)c(C(=O)NN3CCOCC3)nn2-c2ccc(Cl)cc2Cl)s1. The third kappa shape index (κ3) is 5.87. The lowest BCUT2D eigenvalue weighted by Crippen LogP contribution is -2.48. The maximum atomic E-state index is 13.3. The first-order valence-electron chi connectivity index (χ1n) is 11.1. The summed E-state index contributed by atoms with van der Waals surface area (Å²) in [5, 5.41) is 7.53. The number of carbonyl (C=O) groups excluding carboxylic acids is 1. The van der Waals surface area contributed by atoms with Gasteiger partial charge in [-0.25, -0.2) is 16.3 Å². The third-order valence-corrected chi connectivity index (χ3v) is 6.91. The Morgan fingerprint density at radius 2 is 2.09 bits per heavy atom. The zero-order valence-corrected chi connectivity index (χ0v) is 21.4. The van der Waals surface area contributed by atoms with Crippen LogP contribution in [0.25, 0.3) is 21.1 Å². The van der Waals surface area contributed by atoms with E-state index in [9.17, 15) is 4.79 Å². The minimum absolute atomic E-state index is 0.274. The van der Waals surface area contributed by atoms with E-state index in [0.717, 1.165) is 21.0 Å². The van der Waals surface area contributed by atoms with E-state index in [1.807, 2.05) is 24.1 Å². The van der Waals surface area contributed by atoms with E-state index in [-0.39, 0.29) is 5.91 Å². The fourth-order valence-corrected chi connectivity index (χ4v) is 5.14. The van der Waals surface area contributed by atoms with Gasteiger partial charge in [-0.05, 0) is 36.8 Å². The second-order valence-electron chi connectivity index (χ2n) is 7.67. The number of nitrogens with zero attached hydrogens (tertiary/aromatic N) is 4. The van der Waals surface area contributed by atoms with E-state index in [0.29, 0.717) is 67.1 Å². The topological polar surface area (TPSA) is 63.8 Å². The van der Waals surface area contributed by atoms with Crippen LogP contribution in [0.1, 0.15) is 34.3 Å². The summed E-state index contributed by atoms with van der Waals surface area (Å²) in [5.41, 5.74) is 5.55. The lowest BCUT2D eigenvalue weighted by Gasteiger charge is -2.26. The van der Waals surface area contributed by atoms with Crippen LogP contribution in [0.4, 0.5) is 0 Å². The summed E-state index contributed by atoms with van der Waals surface area (Å²) in [5.74, 6) is 5.88. The first kappa shape index (κ1) is 25.2. The highest BCUT2D eigenvalue weighted by atomic mass is 35.5. The fourth-order valence-electron chi connectivity index (χ4n) is 3.71. The van der Waals surface area contributed by atoms with Gasteiger partial charge in [-0.2, -0.15) is 5.10 Å². The number of aromatic nitrogens is 2. The highest BCUT2D eigenvalue weighted by molar-refractivity contribution is 7.16. The van der Waals surface area contributed by atoms with Crippen molar-refractivity contribution >= 4 is 40.4 Å². The first-order chi connectivity index (χ1) is 17.0. The Kier molecular flexibility index (Phi) is 8.46. The molecule has 1 N–H and O–H groups in total. The number of hydrogen-bond acceptors (Lipinski definition) is 5. The van der Waals surface area contributed by atoms with Gasteiger partial charge in [-0.15, -0.1) is 11.3 Å². The van der Waals surface area contributed by atoms with E-state index in [2.05, 4.69) is 22.1 Å². The lowest BCUT2D eigenvalue weighted by molar-refractivity contribution is 0.0124. The standard InChI is InChI=1S/C25H23Cl2N5O2S/c1-3-19-23(25(33)30-31-12-14-34-15-13-31)29-32(21-9-7-17(26)16-20(21)27)24(19)22-10-8-18(35-22)6-4-5-11-28-2/h7-10,16H,3,5,11-15H2,1H3,(H,30,33). The molecule has 0 bridgehead atoms. The molecular weight excluding hydrogens is 505 g/mol. The summed E-state index contributed by atoms with van der Waals surface area (Å²) < 4.78 is 7.09. The van der Waals surface area contributed by atoms with Crippen LogP contribution in [0.5, 0.6) is 0 Å². The Bertz CT molecular complexity index is 1330. The van der Waals surface area contributed by atoms with Crippen LogP contribution >= 0.6 is 34.5 Å². The summed E-state index contributed by atoms with van der Waals surface area (Å²) in [4.78, 5) is 18.4. The number of amides is 1. The van der Waals surface area contributed by atoms with Crippen molar-refractivity contribution in [2.45, 2.75) is 19.8 Å². The molecule has 1 aliphatic rings. The number of thiophene rings is 1. The molecule has 0 radical (unpaired) electrons. The highest BCUT2D eigenvalue weighted by Gasteiger charge is 2.27. The van der Waals surface area contributed by atoms with Crippen molar-refractivity contribution in [3.05, 3.63) is 67.9 Å². The number of hydrogen-bond donors (Lipinski definition) is 1. The Labute approximate surface area is 218 Å². The molecule has 10 heteroatoms. The van der Waals surface area contributed by atoms with Gasteiger partial charge in [0.05, 0.1) is 45.8 Å². The molecule has 1 saturated heterocycles. The van der Waals surface area contributed by atoms with E-state index < -0.39 is 0 Å². The predicted molar refractivity (Wildman–Crippen MR) is 139 cm³/mol.